The first-order valence-corrected chi connectivity index (χ1v) is 5.28. The summed E-state index contributed by atoms with van der Waals surface area (Å²) in [7, 11) is 0. The van der Waals surface area contributed by atoms with Gasteiger partial charge in [-0.05, 0) is 43.9 Å². The van der Waals surface area contributed by atoms with E-state index in [0.29, 0.717) is 0 Å². The predicted octanol–water partition coefficient (Wildman–Crippen LogP) is 3.31. The van der Waals surface area contributed by atoms with E-state index < -0.39 is 5.60 Å². The third-order valence-corrected chi connectivity index (χ3v) is 2.92. The van der Waals surface area contributed by atoms with Crippen LogP contribution in [0.5, 0.6) is 0 Å². The number of hydrogen-bond acceptors (Lipinski definition) is 1. The number of aryl methyl sites for hydroxylation is 1. The monoisotopic (exact) mass is 192 g/mol. The van der Waals surface area contributed by atoms with Crippen molar-refractivity contribution in [2.45, 2.75) is 46.1 Å². The maximum Gasteiger partial charge on any atom is 0.0871 e. The SMILES string of the molecule is CCCC(C)(O)c1cccc(C)c1C. The van der Waals surface area contributed by atoms with Gasteiger partial charge in [-0.15, -0.1) is 0 Å². The van der Waals surface area contributed by atoms with E-state index >= 15 is 0 Å². The van der Waals surface area contributed by atoms with Crippen molar-refractivity contribution in [3.63, 3.8) is 0 Å². The highest BCUT2D eigenvalue weighted by Gasteiger charge is 2.23. The first-order valence-electron chi connectivity index (χ1n) is 5.28. The molecule has 0 aromatic heterocycles. The van der Waals surface area contributed by atoms with E-state index in [1.54, 1.807) is 0 Å². The quantitative estimate of drug-likeness (QED) is 0.779. The van der Waals surface area contributed by atoms with Gasteiger partial charge in [0.2, 0.25) is 0 Å². The first kappa shape index (κ1) is 11.3. The van der Waals surface area contributed by atoms with Crippen molar-refractivity contribution >= 4 is 0 Å². The van der Waals surface area contributed by atoms with Crippen molar-refractivity contribution in [2.24, 2.45) is 0 Å². The van der Waals surface area contributed by atoms with Gasteiger partial charge in [0.05, 0.1) is 5.60 Å². The summed E-state index contributed by atoms with van der Waals surface area (Å²) in [6.07, 6.45) is 1.82. The van der Waals surface area contributed by atoms with E-state index in [-0.39, 0.29) is 0 Å². The van der Waals surface area contributed by atoms with E-state index in [0.717, 1.165) is 18.4 Å². The van der Waals surface area contributed by atoms with Crippen LogP contribution in [0.3, 0.4) is 0 Å². The van der Waals surface area contributed by atoms with Crippen LogP contribution in [0.15, 0.2) is 18.2 Å². The smallest absolute Gasteiger partial charge is 0.0871 e. The van der Waals surface area contributed by atoms with Crippen LogP contribution in [0, 0.1) is 13.8 Å². The van der Waals surface area contributed by atoms with Gasteiger partial charge in [-0.3, -0.25) is 0 Å². The van der Waals surface area contributed by atoms with Crippen molar-refractivity contribution < 1.29 is 5.11 Å². The van der Waals surface area contributed by atoms with E-state index in [1.807, 2.05) is 19.1 Å². The molecule has 1 rings (SSSR count). The summed E-state index contributed by atoms with van der Waals surface area (Å²) in [6, 6.07) is 6.13. The molecule has 1 N–H and O–H groups in total. The summed E-state index contributed by atoms with van der Waals surface area (Å²) >= 11 is 0. The van der Waals surface area contributed by atoms with Crippen molar-refractivity contribution in [2.75, 3.05) is 0 Å². The van der Waals surface area contributed by atoms with Crippen LogP contribution in [0.1, 0.15) is 43.4 Å². The van der Waals surface area contributed by atoms with E-state index in [4.69, 9.17) is 0 Å². The third kappa shape index (κ3) is 2.16. The zero-order valence-electron chi connectivity index (χ0n) is 9.59. The standard InChI is InChI=1S/C13H20O/c1-5-9-13(4,14)12-8-6-7-10(2)11(12)3/h6-8,14H,5,9H2,1-4H3. The average Bonchev–Trinajstić information content (AvgIpc) is 2.09. The molecule has 1 atom stereocenters. The fourth-order valence-corrected chi connectivity index (χ4v) is 1.96. The molecule has 78 valence electrons. The topological polar surface area (TPSA) is 20.2 Å². The van der Waals surface area contributed by atoms with Crippen LogP contribution in [-0.4, -0.2) is 5.11 Å². The number of aliphatic hydroxyl groups is 1. The van der Waals surface area contributed by atoms with Crippen LogP contribution < -0.4 is 0 Å². The molecule has 0 amide bonds. The zero-order valence-corrected chi connectivity index (χ0v) is 9.59. The molecule has 0 saturated carbocycles. The zero-order chi connectivity index (χ0) is 10.8. The molecule has 1 aromatic rings. The second-order valence-electron chi connectivity index (χ2n) is 4.27. The number of hydrogen-bond donors (Lipinski definition) is 1. The predicted molar refractivity (Wildman–Crippen MR) is 60.4 cm³/mol. The molecule has 1 unspecified atom stereocenters. The molecule has 0 aliphatic heterocycles. The molecule has 14 heavy (non-hydrogen) atoms. The van der Waals surface area contributed by atoms with Gasteiger partial charge in [-0.1, -0.05) is 31.5 Å². The Morgan fingerprint density at radius 2 is 1.93 bits per heavy atom. The highest BCUT2D eigenvalue weighted by molar-refractivity contribution is 5.36. The molecule has 0 bridgehead atoms. The summed E-state index contributed by atoms with van der Waals surface area (Å²) < 4.78 is 0. The molecular weight excluding hydrogens is 172 g/mol. The molecule has 0 fully saturated rings. The molecule has 0 aliphatic carbocycles. The lowest BCUT2D eigenvalue weighted by molar-refractivity contribution is 0.0463. The summed E-state index contributed by atoms with van der Waals surface area (Å²) in [5.74, 6) is 0. The third-order valence-electron chi connectivity index (χ3n) is 2.92. The minimum atomic E-state index is -0.676. The maximum atomic E-state index is 10.3. The Hall–Kier alpha value is -0.820. The largest absolute Gasteiger partial charge is 0.385 e. The minimum Gasteiger partial charge on any atom is -0.385 e. The Kier molecular flexibility index (Phi) is 3.33. The Labute approximate surface area is 86.8 Å². The van der Waals surface area contributed by atoms with E-state index in [2.05, 4.69) is 26.8 Å². The molecule has 0 aliphatic rings. The van der Waals surface area contributed by atoms with E-state index in [9.17, 15) is 5.11 Å². The summed E-state index contributed by atoms with van der Waals surface area (Å²) in [5, 5.41) is 10.3. The summed E-state index contributed by atoms with van der Waals surface area (Å²) in [5.41, 5.74) is 2.86. The fraction of sp³-hybridized carbons (Fsp3) is 0.538. The Morgan fingerprint density at radius 3 is 2.50 bits per heavy atom. The Balaban J connectivity index is 3.12. The van der Waals surface area contributed by atoms with Crippen molar-refractivity contribution in [1.29, 1.82) is 0 Å². The second-order valence-corrected chi connectivity index (χ2v) is 4.27. The molecule has 1 heteroatoms. The lowest BCUT2D eigenvalue weighted by Gasteiger charge is -2.26. The molecule has 0 saturated heterocycles. The lowest BCUT2D eigenvalue weighted by Crippen LogP contribution is -2.22. The van der Waals surface area contributed by atoms with Crippen LogP contribution >= 0.6 is 0 Å². The lowest BCUT2D eigenvalue weighted by atomic mass is 9.87. The van der Waals surface area contributed by atoms with Gasteiger partial charge < -0.3 is 5.11 Å². The van der Waals surface area contributed by atoms with Gasteiger partial charge in [0, 0.05) is 0 Å². The van der Waals surface area contributed by atoms with Crippen molar-refractivity contribution in [1.82, 2.24) is 0 Å². The van der Waals surface area contributed by atoms with Crippen LogP contribution in [0.2, 0.25) is 0 Å². The highest BCUT2D eigenvalue weighted by Crippen LogP contribution is 2.29. The van der Waals surface area contributed by atoms with Crippen LogP contribution in [0.25, 0.3) is 0 Å². The van der Waals surface area contributed by atoms with Gasteiger partial charge >= 0.3 is 0 Å². The molecular formula is C13H20O. The second kappa shape index (κ2) is 4.14. The molecule has 0 radical (unpaired) electrons. The van der Waals surface area contributed by atoms with Crippen LogP contribution in [-0.2, 0) is 5.60 Å². The van der Waals surface area contributed by atoms with Gasteiger partial charge in [-0.25, -0.2) is 0 Å². The highest BCUT2D eigenvalue weighted by atomic mass is 16.3. The van der Waals surface area contributed by atoms with Crippen LogP contribution in [0.4, 0.5) is 0 Å². The number of benzene rings is 1. The van der Waals surface area contributed by atoms with Gasteiger partial charge in [-0.2, -0.15) is 0 Å². The summed E-state index contributed by atoms with van der Waals surface area (Å²) in [6.45, 7) is 8.16. The number of rotatable bonds is 3. The van der Waals surface area contributed by atoms with Gasteiger partial charge in [0.1, 0.15) is 0 Å². The first-order chi connectivity index (χ1) is 6.49. The van der Waals surface area contributed by atoms with E-state index in [1.165, 1.54) is 11.1 Å². The molecule has 1 nitrogen and oxygen atoms in total. The normalized spacial score (nSPS) is 15.2. The fourth-order valence-electron chi connectivity index (χ4n) is 1.96. The van der Waals surface area contributed by atoms with Crippen molar-refractivity contribution in [3.8, 4) is 0 Å². The molecule has 0 heterocycles. The van der Waals surface area contributed by atoms with Gasteiger partial charge in [0.25, 0.3) is 0 Å². The summed E-state index contributed by atoms with van der Waals surface area (Å²) in [4.78, 5) is 0. The maximum absolute atomic E-state index is 10.3. The van der Waals surface area contributed by atoms with Crippen molar-refractivity contribution in [3.05, 3.63) is 34.9 Å². The average molecular weight is 192 g/mol. The molecule has 0 spiro atoms. The Bertz CT molecular complexity index is 313. The Morgan fingerprint density at radius 1 is 1.29 bits per heavy atom. The molecule has 1 aromatic carbocycles. The van der Waals surface area contributed by atoms with Gasteiger partial charge in [0.15, 0.2) is 0 Å². The minimum absolute atomic E-state index is 0.676.